The van der Waals surface area contributed by atoms with Crippen LogP contribution in [0, 0.1) is 29.6 Å². The van der Waals surface area contributed by atoms with E-state index in [9.17, 15) is 0 Å². The van der Waals surface area contributed by atoms with Crippen LogP contribution in [0.3, 0.4) is 0 Å². The lowest BCUT2D eigenvalue weighted by molar-refractivity contribution is -0.00856. The number of hydrogen-bond acceptors (Lipinski definition) is 1. The Morgan fingerprint density at radius 2 is 1.83 bits per heavy atom. The van der Waals surface area contributed by atoms with Gasteiger partial charge in [0.15, 0.2) is 0 Å². The molecule has 2 fully saturated rings. The zero-order valence-corrected chi connectivity index (χ0v) is 15.5. The van der Waals surface area contributed by atoms with Crippen molar-refractivity contribution in [2.75, 3.05) is 7.11 Å². The van der Waals surface area contributed by atoms with E-state index in [4.69, 9.17) is 4.74 Å². The monoisotopic (exact) mass is 312 g/mol. The molecule has 2 saturated carbocycles. The molecule has 3 aliphatic carbocycles. The molecule has 1 nitrogen and oxygen atoms in total. The van der Waals surface area contributed by atoms with Gasteiger partial charge in [0.2, 0.25) is 0 Å². The van der Waals surface area contributed by atoms with E-state index < -0.39 is 0 Å². The summed E-state index contributed by atoms with van der Waals surface area (Å²) in [4.78, 5) is 0. The van der Waals surface area contributed by atoms with Crippen LogP contribution in [0.4, 0.5) is 0 Å². The van der Waals surface area contributed by atoms with Crippen LogP contribution in [-0.2, 0) is 6.42 Å². The predicted octanol–water partition coefficient (Wildman–Crippen LogP) is 5.89. The molecule has 0 radical (unpaired) electrons. The first-order valence-electron chi connectivity index (χ1n) is 9.55. The second kappa shape index (κ2) is 5.01. The van der Waals surface area contributed by atoms with E-state index >= 15 is 0 Å². The van der Waals surface area contributed by atoms with Crippen molar-refractivity contribution in [1.29, 1.82) is 0 Å². The van der Waals surface area contributed by atoms with Crippen LogP contribution >= 0.6 is 0 Å². The Morgan fingerprint density at radius 1 is 1.04 bits per heavy atom. The molecular formula is C22H32O. The average molecular weight is 312 g/mol. The van der Waals surface area contributed by atoms with Crippen LogP contribution in [0.25, 0.3) is 0 Å². The van der Waals surface area contributed by atoms with E-state index in [0.29, 0.717) is 10.8 Å². The highest BCUT2D eigenvalue weighted by Crippen LogP contribution is 2.67. The molecule has 4 unspecified atom stereocenters. The molecule has 126 valence electrons. The second-order valence-corrected chi connectivity index (χ2v) is 9.31. The average Bonchev–Trinajstić information content (AvgIpc) is 2.76. The fraction of sp³-hybridized carbons (Fsp3) is 0.727. The van der Waals surface area contributed by atoms with Gasteiger partial charge in [-0.15, -0.1) is 0 Å². The zero-order chi connectivity index (χ0) is 16.4. The number of aryl methyl sites for hydroxylation is 2. The lowest BCUT2D eigenvalue weighted by Gasteiger charge is -2.53. The summed E-state index contributed by atoms with van der Waals surface area (Å²) < 4.78 is 5.56. The van der Waals surface area contributed by atoms with Crippen molar-refractivity contribution in [1.82, 2.24) is 0 Å². The van der Waals surface area contributed by atoms with Gasteiger partial charge in [0.25, 0.3) is 0 Å². The minimum Gasteiger partial charge on any atom is -0.496 e. The highest BCUT2D eigenvalue weighted by Gasteiger charge is 2.57. The van der Waals surface area contributed by atoms with Crippen LogP contribution in [0.15, 0.2) is 12.1 Å². The molecule has 0 saturated heterocycles. The first-order chi connectivity index (χ1) is 10.9. The van der Waals surface area contributed by atoms with Crippen molar-refractivity contribution in [2.24, 2.45) is 22.7 Å². The molecule has 23 heavy (non-hydrogen) atoms. The standard InChI is InChI=1S/C22H32O/c1-14-12-18-15(13-20(14)23-5)6-7-17-16(18)8-11-22(4)19(17)9-10-21(22,2)3/h12-13,16-17,19H,6-11H2,1-5H3. The summed E-state index contributed by atoms with van der Waals surface area (Å²) in [5.74, 6) is 3.72. The van der Waals surface area contributed by atoms with E-state index in [0.717, 1.165) is 23.5 Å². The van der Waals surface area contributed by atoms with Crippen LogP contribution in [0.2, 0.25) is 0 Å². The summed E-state index contributed by atoms with van der Waals surface area (Å²) in [6, 6.07) is 4.78. The fourth-order valence-corrected chi connectivity index (χ4v) is 6.43. The Hall–Kier alpha value is -0.980. The van der Waals surface area contributed by atoms with E-state index in [1.165, 1.54) is 44.1 Å². The van der Waals surface area contributed by atoms with Gasteiger partial charge >= 0.3 is 0 Å². The molecule has 0 heterocycles. The molecule has 0 aliphatic heterocycles. The molecule has 4 rings (SSSR count). The summed E-state index contributed by atoms with van der Waals surface area (Å²) in [6.45, 7) is 9.86. The first kappa shape index (κ1) is 15.5. The predicted molar refractivity (Wildman–Crippen MR) is 96.1 cm³/mol. The van der Waals surface area contributed by atoms with Gasteiger partial charge < -0.3 is 4.74 Å². The van der Waals surface area contributed by atoms with Gasteiger partial charge in [0.1, 0.15) is 5.75 Å². The third kappa shape index (κ3) is 2.04. The number of fused-ring (bicyclic) bond motifs is 5. The van der Waals surface area contributed by atoms with Crippen molar-refractivity contribution < 1.29 is 4.74 Å². The highest BCUT2D eigenvalue weighted by atomic mass is 16.5. The number of ether oxygens (including phenoxy) is 1. The first-order valence-corrected chi connectivity index (χ1v) is 9.55. The Morgan fingerprint density at radius 3 is 2.57 bits per heavy atom. The van der Waals surface area contributed by atoms with Crippen LogP contribution < -0.4 is 4.74 Å². The summed E-state index contributed by atoms with van der Waals surface area (Å²) >= 11 is 0. The molecule has 0 amide bonds. The molecule has 4 atom stereocenters. The number of rotatable bonds is 1. The maximum absolute atomic E-state index is 5.56. The van der Waals surface area contributed by atoms with Gasteiger partial charge in [0.05, 0.1) is 7.11 Å². The second-order valence-electron chi connectivity index (χ2n) is 9.31. The largest absolute Gasteiger partial charge is 0.496 e. The molecule has 0 spiro atoms. The number of methoxy groups -OCH3 is 1. The molecule has 0 N–H and O–H groups in total. The van der Waals surface area contributed by atoms with E-state index in [1.807, 2.05) is 0 Å². The van der Waals surface area contributed by atoms with Gasteiger partial charge in [0, 0.05) is 0 Å². The molecule has 1 aromatic carbocycles. The smallest absolute Gasteiger partial charge is 0.122 e. The fourth-order valence-electron chi connectivity index (χ4n) is 6.43. The number of benzene rings is 1. The molecular weight excluding hydrogens is 280 g/mol. The van der Waals surface area contributed by atoms with Crippen molar-refractivity contribution in [3.05, 3.63) is 28.8 Å². The van der Waals surface area contributed by atoms with Gasteiger partial charge in [-0.1, -0.05) is 26.8 Å². The van der Waals surface area contributed by atoms with Gasteiger partial charge in [-0.05, 0) is 96.8 Å². The maximum Gasteiger partial charge on any atom is 0.122 e. The molecule has 1 aromatic rings. The van der Waals surface area contributed by atoms with Crippen molar-refractivity contribution in [3.63, 3.8) is 0 Å². The Labute approximate surface area is 141 Å². The summed E-state index contributed by atoms with van der Waals surface area (Å²) in [7, 11) is 1.80. The third-order valence-corrected chi connectivity index (χ3v) is 8.26. The number of hydrogen-bond donors (Lipinski definition) is 0. The molecule has 1 heteroatoms. The third-order valence-electron chi connectivity index (χ3n) is 8.26. The van der Waals surface area contributed by atoms with Gasteiger partial charge in [-0.3, -0.25) is 0 Å². The normalized spacial score (nSPS) is 37.7. The maximum atomic E-state index is 5.56. The lowest BCUT2D eigenvalue weighted by atomic mass is 9.51. The molecule has 0 aromatic heterocycles. The Kier molecular flexibility index (Phi) is 3.38. The van der Waals surface area contributed by atoms with E-state index in [-0.39, 0.29) is 0 Å². The Bertz CT molecular complexity index is 629. The van der Waals surface area contributed by atoms with Crippen molar-refractivity contribution in [2.45, 2.75) is 72.1 Å². The van der Waals surface area contributed by atoms with Crippen LogP contribution in [0.1, 0.15) is 75.5 Å². The Balaban J connectivity index is 1.72. The van der Waals surface area contributed by atoms with Crippen LogP contribution in [0.5, 0.6) is 5.75 Å². The molecule has 3 aliphatic rings. The van der Waals surface area contributed by atoms with Crippen LogP contribution in [-0.4, -0.2) is 7.11 Å². The summed E-state index contributed by atoms with van der Waals surface area (Å²) in [5, 5.41) is 0. The zero-order valence-electron chi connectivity index (χ0n) is 15.5. The van der Waals surface area contributed by atoms with Gasteiger partial charge in [-0.25, -0.2) is 0 Å². The van der Waals surface area contributed by atoms with Gasteiger partial charge in [-0.2, -0.15) is 0 Å². The summed E-state index contributed by atoms with van der Waals surface area (Å²) in [6.07, 6.45) is 8.32. The quantitative estimate of drug-likeness (QED) is 0.628. The highest BCUT2D eigenvalue weighted by molar-refractivity contribution is 5.45. The van der Waals surface area contributed by atoms with E-state index in [2.05, 4.69) is 39.8 Å². The minimum absolute atomic E-state index is 0.527. The topological polar surface area (TPSA) is 9.23 Å². The van der Waals surface area contributed by atoms with Crippen molar-refractivity contribution >= 4 is 0 Å². The lowest BCUT2D eigenvalue weighted by Crippen LogP contribution is -2.45. The molecule has 0 bridgehead atoms. The minimum atomic E-state index is 0.527. The SMILES string of the molecule is COc1cc2c(cc1C)C1CCC3(C)C(CCC3(C)C)C1CC2. The van der Waals surface area contributed by atoms with Crippen molar-refractivity contribution in [3.8, 4) is 5.75 Å². The van der Waals surface area contributed by atoms with E-state index in [1.54, 1.807) is 18.2 Å². The summed E-state index contributed by atoms with van der Waals surface area (Å²) in [5.41, 5.74) is 5.62.